The van der Waals surface area contributed by atoms with E-state index in [9.17, 15) is 0 Å². The molecule has 2 atom stereocenters. The Bertz CT molecular complexity index is 548. The summed E-state index contributed by atoms with van der Waals surface area (Å²) in [6, 6.07) is 10.1. The molecule has 1 fully saturated rings. The van der Waals surface area contributed by atoms with Gasteiger partial charge < -0.3 is 14.6 Å². The largest absolute Gasteiger partial charge is 0.367 e. The standard InChI is InChI=1S/C16H21N3O2/c1-20-14(12-8-4-2-5-9-12)16-18-15(19-21-16)13-10-6-3-7-11-17-13/h2,4-5,8-9,13-14,17H,3,6-7,10-11H2,1H3. The van der Waals surface area contributed by atoms with E-state index in [2.05, 4.69) is 15.5 Å². The summed E-state index contributed by atoms with van der Waals surface area (Å²) in [7, 11) is 1.66. The molecule has 1 saturated heterocycles. The molecule has 5 heteroatoms. The predicted molar refractivity (Wildman–Crippen MR) is 78.8 cm³/mol. The molecule has 0 radical (unpaired) electrons. The van der Waals surface area contributed by atoms with Crippen LogP contribution in [0.25, 0.3) is 0 Å². The quantitative estimate of drug-likeness (QED) is 0.936. The Balaban J connectivity index is 1.79. The Kier molecular flexibility index (Phi) is 4.62. The highest BCUT2D eigenvalue weighted by Crippen LogP contribution is 2.26. The Hall–Kier alpha value is -1.72. The Morgan fingerprint density at radius 2 is 2.10 bits per heavy atom. The van der Waals surface area contributed by atoms with E-state index in [1.54, 1.807) is 7.11 Å². The lowest BCUT2D eigenvalue weighted by Gasteiger charge is -2.11. The molecule has 3 rings (SSSR count). The van der Waals surface area contributed by atoms with Gasteiger partial charge in [-0.2, -0.15) is 4.98 Å². The van der Waals surface area contributed by atoms with Crippen molar-refractivity contribution in [1.82, 2.24) is 15.5 Å². The van der Waals surface area contributed by atoms with Crippen LogP contribution >= 0.6 is 0 Å². The van der Waals surface area contributed by atoms with Crippen LogP contribution in [0.4, 0.5) is 0 Å². The maximum absolute atomic E-state index is 5.53. The first-order valence-electron chi connectivity index (χ1n) is 7.53. The summed E-state index contributed by atoms with van der Waals surface area (Å²) in [6.07, 6.45) is 4.43. The first-order valence-corrected chi connectivity index (χ1v) is 7.53. The van der Waals surface area contributed by atoms with Crippen LogP contribution in [0.15, 0.2) is 34.9 Å². The zero-order chi connectivity index (χ0) is 14.5. The number of methoxy groups -OCH3 is 1. The van der Waals surface area contributed by atoms with Gasteiger partial charge in [0.1, 0.15) is 0 Å². The van der Waals surface area contributed by atoms with Crippen molar-refractivity contribution in [3.63, 3.8) is 0 Å². The second-order valence-corrected chi connectivity index (χ2v) is 5.37. The van der Waals surface area contributed by atoms with E-state index >= 15 is 0 Å². The van der Waals surface area contributed by atoms with Crippen molar-refractivity contribution in [1.29, 1.82) is 0 Å². The minimum absolute atomic E-state index is 0.193. The van der Waals surface area contributed by atoms with Crippen molar-refractivity contribution in [2.45, 2.75) is 37.8 Å². The van der Waals surface area contributed by atoms with Crippen LogP contribution in [-0.4, -0.2) is 23.8 Å². The van der Waals surface area contributed by atoms with Crippen molar-refractivity contribution < 1.29 is 9.26 Å². The molecule has 0 aliphatic carbocycles. The van der Waals surface area contributed by atoms with Gasteiger partial charge in [-0.05, 0) is 24.9 Å². The molecule has 0 saturated carbocycles. The second-order valence-electron chi connectivity index (χ2n) is 5.37. The molecule has 1 aliphatic rings. The number of benzene rings is 1. The number of rotatable bonds is 4. The molecule has 0 bridgehead atoms. The highest BCUT2D eigenvalue weighted by molar-refractivity contribution is 5.22. The van der Waals surface area contributed by atoms with Crippen molar-refractivity contribution in [2.24, 2.45) is 0 Å². The summed E-state index contributed by atoms with van der Waals surface area (Å²) >= 11 is 0. The van der Waals surface area contributed by atoms with Gasteiger partial charge in [0, 0.05) is 7.11 Å². The maximum atomic E-state index is 5.53. The molecule has 5 nitrogen and oxygen atoms in total. The number of aromatic nitrogens is 2. The van der Waals surface area contributed by atoms with Crippen molar-refractivity contribution in [3.8, 4) is 0 Å². The Morgan fingerprint density at radius 3 is 2.90 bits per heavy atom. The summed E-state index contributed by atoms with van der Waals surface area (Å²) < 4.78 is 11.0. The van der Waals surface area contributed by atoms with Gasteiger partial charge in [0.25, 0.3) is 5.89 Å². The number of ether oxygens (including phenoxy) is 1. The summed E-state index contributed by atoms with van der Waals surface area (Å²) in [5.41, 5.74) is 1.02. The number of hydrogen-bond donors (Lipinski definition) is 1. The molecule has 2 heterocycles. The van der Waals surface area contributed by atoms with Gasteiger partial charge in [-0.1, -0.05) is 48.3 Å². The van der Waals surface area contributed by atoms with Gasteiger partial charge in [-0.15, -0.1) is 0 Å². The van der Waals surface area contributed by atoms with Crippen LogP contribution in [0.1, 0.15) is 55.1 Å². The van der Waals surface area contributed by atoms with Crippen molar-refractivity contribution >= 4 is 0 Å². The van der Waals surface area contributed by atoms with Gasteiger partial charge in [0.2, 0.25) is 0 Å². The molecule has 1 aliphatic heterocycles. The number of nitrogens with one attached hydrogen (secondary N) is 1. The first-order chi connectivity index (χ1) is 10.4. The average Bonchev–Trinajstić information content (AvgIpc) is 2.84. The lowest BCUT2D eigenvalue weighted by Crippen LogP contribution is -2.21. The molecule has 0 amide bonds. The van der Waals surface area contributed by atoms with Crippen molar-refractivity contribution in [2.75, 3.05) is 13.7 Å². The fourth-order valence-corrected chi connectivity index (χ4v) is 2.75. The fourth-order valence-electron chi connectivity index (χ4n) is 2.75. The molecule has 2 aromatic rings. The van der Waals surface area contributed by atoms with Gasteiger partial charge in [-0.25, -0.2) is 0 Å². The first kappa shape index (κ1) is 14.2. The van der Waals surface area contributed by atoms with E-state index in [4.69, 9.17) is 9.26 Å². The molecule has 2 unspecified atom stereocenters. The molecular formula is C16H21N3O2. The number of hydrogen-bond acceptors (Lipinski definition) is 5. The van der Waals surface area contributed by atoms with E-state index in [1.165, 1.54) is 19.3 Å². The minimum Gasteiger partial charge on any atom is -0.367 e. The molecule has 1 N–H and O–H groups in total. The molecule has 0 spiro atoms. The maximum Gasteiger partial charge on any atom is 0.260 e. The minimum atomic E-state index is -0.307. The highest BCUT2D eigenvalue weighted by atomic mass is 16.5. The topological polar surface area (TPSA) is 60.2 Å². The molecule has 112 valence electrons. The fraction of sp³-hybridized carbons (Fsp3) is 0.500. The molecule has 1 aromatic carbocycles. The van der Waals surface area contributed by atoms with Crippen LogP contribution in [0.3, 0.4) is 0 Å². The van der Waals surface area contributed by atoms with E-state index < -0.39 is 0 Å². The summed E-state index contributed by atoms with van der Waals surface area (Å²) in [6.45, 7) is 1.01. The summed E-state index contributed by atoms with van der Waals surface area (Å²) in [5.74, 6) is 1.26. The second kappa shape index (κ2) is 6.83. The van der Waals surface area contributed by atoms with Crippen molar-refractivity contribution in [3.05, 3.63) is 47.6 Å². The smallest absolute Gasteiger partial charge is 0.260 e. The third-order valence-electron chi connectivity index (χ3n) is 3.89. The van der Waals surface area contributed by atoms with Gasteiger partial charge >= 0.3 is 0 Å². The van der Waals surface area contributed by atoms with Crippen LogP contribution in [-0.2, 0) is 4.74 Å². The average molecular weight is 287 g/mol. The van der Waals surface area contributed by atoms with Gasteiger partial charge in [0.05, 0.1) is 6.04 Å². The SMILES string of the molecule is COC(c1ccccc1)c1nc(C2CCCCCN2)no1. The summed E-state index contributed by atoms with van der Waals surface area (Å²) in [4.78, 5) is 4.56. The van der Waals surface area contributed by atoms with Gasteiger partial charge in [0.15, 0.2) is 11.9 Å². The molecular weight excluding hydrogens is 266 g/mol. The van der Waals surface area contributed by atoms with Gasteiger partial charge in [-0.3, -0.25) is 0 Å². The number of nitrogens with zero attached hydrogens (tertiary/aromatic N) is 2. The lowest BCUT2D eigenvalue weighted by atomic mass is 10.1. The molecule has 21 heavy (non-hydrogen) atoms. The van der Waals surface area contributed by atoms with Crippen LogP contribution in [0.5, 0.6) is 0 Å². The zero-order valence-electron chi connectivity index (χ0n) is 12.3. The normalized spacial score (nSPS) is 20.9. The summed E-state index contributed by atoms with van der Waals surface area (Å²) in [5, 5.41) is 7.63. The van der Waals surface area contributed by atoms with E-state index in [-0.39, 0.29) is 12.1 Å². The zero-order valence-corrected chi connectivity index (χ0v) is 12.3. The lowest BCUT2D eigenvalue weighted by molar-refractivity contribution is 0.105. The third-order valence-corrected chi connectivity index (χ3v) is 3.89. The van der Waals surface area contributed by atoms with Crippen LogP contribution in [0.2, 0.25) is 0 Å². The van der Waals surface area contributed by atoms with E-state index in [1.807, 2.05) is 30.3 Å². The third kappa shape index (κ3) is 3.31. The van der Waals surface area contributed by atoms with Crippen LogP contribution < -0.4 is 5.32 Å². The predicted octanol–water partition coefficient (Wildman–Crippen LogP) is 3.01. The Labute approximate surface area is 124 Å². The Morgan fingerprint density at radius 1 is 1.24 bits per heavy atom. The van der Waals surface area contributed by atoms with E-state index in [0.29, 0.717) is 5.89 Å². The highest BCUT2D eigenvalue weighted by Gasteiger charge is 2.24. The monoisotopic (exact) mass is 287 g/mol. The van der Waals surface area contributed by atoms with Crippen LogP contribution in [0, 0.1) is 0 Å². The molecule has 1 aromatic heterocycles. The van der Waals surface area contributed by atoms with E-state index in [0.717, 1.165) is 24.4 Å².